The number of aromatic nitrogens is 1. The molecule has 1 atom stereocenters. The van der Waals surface area contributed by atoms with Crippen molar-refractivity contribution in [3.8, 4) is 5.75 Å². The highest BCUT2D eigenvalue weighted by Gasteiger charge is 2.36. The number of methoxy groups -OCH3 is 1. The number of ether oxygens (including phenoxy) is 1. The van der Waals surface area contributed by atoms with E-state index in [-0.39, 0.29) is 23.4 Å². The highest BCUT2D eigenvalue weighted by atomic mass is 32.2. The third-order valence-electron chi connectivity index (χ3n) is 6.66. The smallest absolute Gasteiger partial charge is 0.270 e. The van der Waals surface area contributed by atoms with Crippen LogP contribution in [0, 0.1) is 6.92 Å². The highest BCUT2D eigenvalue weighted by molar-refractivity contribution is 7.89. The van der Waals surface area contributed by atoms with Gasteiger partial charge in [0, 0.05) is 31.1 Å². The van der Waals surface area contributed by atoms with Crippen LogP contribution in [0.15, 0.2) is 76.2 Å². The molecule has 2 aromatic carbocycles. The van der Waals surface area contributed by atoms with Gasteiger partial charge in [-0.2, -0.15) is 4.31 Å². The summed E-state index contributed by atoms with van der Waals surface area (Å²) in [5.41, 5.74) is 3.39. The van der Waals surface area contributed by atoms with Crippen molar-refractivity contribution in [2.75, 3.05) is 26.7 Å². The van der Waals surface area contributed by atoms with E-state index in [9.17, 15) is 13.2 Å². The van der Waals surface area contributed by atoms with Gasteiger partial charge < -0.3 is 18.6 Å². The molecular weight excluding hydrogens is 478 g/mol. The minimum absolute atomic E-state index is 0.137. The normalized spacial score (nSPS) is 17.0. The van der Waals surface area contributed by atoms with E-state index in [0.717, 1.165) is 16.5 Å². The zero-order chi connectivity index (χ0) is 25.4. The fourth-order valence-electron chi connectivity index (χ4n) is 4.83. The Morgan fingerprint density at radius 2 is 1.86 bits per heavy atom. The number of benzene rings is 2. The Morgan fingerprint density at radius 3 is 2.56 bits per heavy atom. The number of furan rings is 1. The number of rotatable bonds is 6. The Morgan fingerprint density at radius 1 is 1.08 bits per heavy atom. The number of piperazine rings is 1. The first-order chi connectivity index (χ1) is 17.3. The monoisotopic (exact) mass is 507 g/mol. The number of carbonyl (C=O) groups excluding carboxylic acids is 1. The van der Waals surface area contributed by atoms with E-state index >= 15 is 0 Å². The van der Waals surface area contributed by atoms with Crippen LogP contribution in [-0.2, 0) is 16.6 Å². The predicted octanol–water partition coefficient (Wildman–Crippen LogP) is 4.13. The van der Waals surface area contributed by atoms with Crippen LogP contribution < -0.4 is 4.74 Å². The standard InChI is InChI=1S/C27H29N3O5S/c1-19-5-4-6-21(15-19)18-29-25(16-22-11-14-35-27(22)29)26(31)28-12-13-30(20(2)17-28)36(32,33)24-9-7-23(34-3)8-10-24/h4-11,14-16,20H,12-13,17-18H2,1-3H3/t20-/m0/s1. The second kappa shape index (κ2) is 9.48. The first-order valence-corrected chi connectivity index (χ1v) is 13.3. The van der Waals surface area contributed by atoms with Crippen molar-refractivity contribution < 1.29 is 22.4 Å². The van der Waals surface area contributed by atoms with E-state index in [2.05, 4.69) is 6.07 Å². The summed E-state index contributed by atoms with van der Waals surface area (Å²) in [6.45, 7) is 5.19. The molecule has 0 saturated carbocycles. The molecule has 3 heterocycles. The second-order valence-electron chi connectivity index (χ2n) is 9.18. The molecule has 2 aromatic heterocycles. The molecule has 0 bridgehead atoms. The molecule has 5 rings (SSSR count). The SMILES string of the molecule is COc1ccc(S(=O)(=O)N2CCN(C(=O)c3cc4ccoc4n3Cc3cccc(C)c3)C[C@@H]2C)cc1. The number of hydrogen-bond donors (Lipinski definition) is 0. The van der Waals surface area contributed by atoms with Crippen molar-refractivity contribution >= 4 is 27.0 Å². The lowest BCUT2D eigenvalue weighted by molar-refractivity contribution is 0.0632. The summed E-state index contributed by atoms with van der Waals surface area (Å²) in [6.07, 6.45) is 1.62. The molecule has 0 aliphatic carbocycles. The highest BCUT2D eigenvalue weighted by Crippen LogP contribution is 2.27. The second-order valence-corrected chi connectivity index (χ2v) is 11.1. The molecule has 0 radical (unpaired) electrons. The fraction of sp³-hybridized carbons (Fsp3) is 0.296. The molecule has 188 valence electrons. The van der Waals surface area contributed by atoms with Crippen LogP contribution in [0.3, 0.4) is 0 Å². The minimum Gasteiger partial charge on any atom is -0.497 e. The lowest BCUT2D eigenvalue weighted by atomic mass is 10.1. The largest absolute Gasteiger partial charge is 0.497 e. The minimum atomic E-state index is -3.69. The van der Waals surface area contributed by atoms with Gasteiger partial charge in [-0.15, -0.1) is 0 Å². The molecule has 1 fully saturated rings. The van der Waals surface area contributed by atoms with Gasteiger partial charge in [-0.3, -0.25) is 4.79 Å². The van der Waals surface area contributed by atoms with Crippen LogP contribution in [0.5, 0.6) is 5.75 Å². The predicted molar refractivity (Wildman–Crippen MR) is 137 cm³/mol. The molecule has 36 heavy (non-hydrogen) atoms. The summed E-state index contributed by atoms with van der Waals surface area (Å²) in [5.74, 6) is 0.458. The zero-order valence-electron chi connectivity index (χ0n) is 20.5. The van der Waals surface area contributed by atoms with Crippen molar-refractivity contribution in [1.82, 2.24) is 13.8 Å². The van der Waals surface area contributed by atoms with Gasteiger partial charge in [-0.25, -0.2) is 8.42 Å². The quantitative estimate of drug-likeness (QED) is 0.392. The third kappa shape index (κ3) is 4.40. The maximum absolute atomic E-state index is 13.7. The van der Waals surface area contributed by atoms with Crippen LogP contribution in [0.1, 0.15) is 28.5 Å². The number of fused-ring (bicyclic) bond motifs is 1. The van der Waals surface area contributed by atoms with Crippen molar-refractivity contribution in [2.45, 2.75) is 31.3 Å². The van der Waals surface area contributed by atoms with E-state index in [1.807, 2.05) is 48.7 Å². The van der Waals surface area contributed by atoms with Gasteiger partial charge in [0.05, 0.1) is 24.8 Å². The van der Waals surface area contributed by atoms with Crippen LogP contribution >= 0.6 is 0 Å². The molecule has 0 N–H and O–H groups in total. The Balaban J connectivity index is 1.37. The number of sulfonamides is 1. The first kappa shape index (κ1) is 24.1. The molecule has 1 aliphatic heterocycles. The van der Waals surface area contributed by atoms with Crippen LogP contribution in [-0.4, -0.2) is 60.9 Å². The van der Waals surface area contributed by atoms with Crippen molar-refractivity contribution in [3.05, 3.63) is 83.7 Å². The number of aryl methyl sites for hydroxylation is 1. The van der Waals surface area contributed by atoms with E-state index in [4.69, 9.17) is 9.15 Å². The van der Waals surface area contributed by atoms with Gasteiger partial charge in [0.2, 0.25) is 15.7 Å². The summed E-state index contributed by atoms with van der Waals surface area (Å²) < 4.78 is 40.8. The lowest BCUT2D eigenvalue weighted by Gasteiger charge is -2.39. The van der Waals surface area contributed by atoms with Crippen LogP contribution in [0.25, 0.3) is 11.1 Å². The van der Waals surface area contributed by atoms with Crippen molar-refractivity contribution in [2.24, 2.45) is 0 Å². The molecule has 0 unspecified atom stereocenters. The fourth-order valence-corrected chi connectivity index (χ4v) is 6.44. The summed E-state index contributed by atoms with van der Waals surface area (Å²) in [4.78, 5) is 15.6. The summed E-state index contributed by atoms with van der Waals surface area (Å²) in [6, 6.07) is 17.8. The maximum atomic E-state index is 13.7. The zero-order valence-corrected chi connectivity index (χ0v) is 21.4. The first-order valence-electron chi connectivity index (χ1n) is 11.9. The lowest BCUT2D eigenvalue weighted by Crippen LogP contribution is -2.55. The van der Waals surface area contributed by atoms with Crippen LogP contribution in [0.4, 0.5) is 0 Å². The molecule has 9 heteroatoms. The molecule has 4 aromatic rings. The molecule has 0 spiro atoms. The Kier molecular flexibility index (Phi) is 6.36. The van der Waals surface area contributed by atoms with E-state index in [1.54, 1.807) is 35.4 Å². The average Bonchev–Trinajstić information content (AvgIpc) is 3.46. The van der Waals surface area contributed by atoms with E-state index in [0.29, 0.717) is 36.8 Å². The summed E-state index contributed by atoms with van der Waals surface area (Å²) >= 11 is 0. The van der Waals surface area contributed by atoms with Gasteiger partial charge >= 0.3 is 0 Å². The number of nitrogens with zero attached hydrogens (tertiary/aromatic N) is 3. The van der Waals surface area contributed by atoms with Gasteiger partial charge in [0.15, 0.2) is 0 Å². The molecule has 1 amide bonds. The maximum Gasteiger partial charge on any atom is 0.270 e. The van der Waals surface area contributed by atoms with Crippen molar-refractivity contribution in [3.63, 3.8) is 0 Å². The van der Waals surface area contributed by atoms with E-state index < -0.39 is 10.0 Å². The van der Waals surface area contributed by atoms with Gasteiger partial charge in [0.1, 0.15) is 11.4 Å². The summed E-state index contributed by atoms with van der Waals surface area (Å²) in [7, 11) is -2.16. The summed E-state index contributed by atoms with van der Waals surface area (Å²) in [5, 5.41) is 0.861. The Bertz CT molecular complexity index is 1500. The molecular formula is C27H29N3O5S. The third-order valence-corrected chi connectivity index (χ3v) is 8.69. The Labute approximate surface area is 210 Å². The number of hydrogen-bond acceptors (Lipinski definition) is 5. The number of carbonyl (C=O) groups is 1. The number of amides is 1. The molecule has 8 nitrogen and oxygen atoms in total. The van der Waals surface area contributed by atoms with Crippen LogP contribution in [0.2, 0.25) is 0 Å². The Hall–Kier alpha value is -3.56. The topological polar surface area (TPSA) is 85.0 Å². The van der Waals surface area contributed by atoms with Gasteiger partial charge in [-0.1, -0.05) is 29.8 Å². The van der Waals surface area contributed by atoms with Crippen molar-refractivity contribution in [1.29, 1.82) is 0 Å². The molecule has 1 saturated heterocycles. The van der Waals surface area contributed by atoms with Gasteiger partial charge in [0.25, 0.3) is 5.91 Å². The molecule has 1 aliphatic rings. The van der Waals surface area contributed by atoms with Gasteiger partial charge in [-0.05, 0) is 55.8 Å². The average molecular weight is 508 g/mol. The van der Waals surface area contributed by atoms with E-state index in [1.165, 1.54) is 11.4 Å².